The number of nitrogens with two attached hydrogens (primary N) is 1. The molecule has 0 radical (unpaired) electrons. The summed E-state index contributed by atoms with van der Waals surface area (Å²) in [5.74, 6) is -1.04. The van der Waals surface area contributed by atoms with Gasteiger partial charge in [-0.3, -0.25) is 0 Å². The van der Waals surface area contributed by atoms with Gasteiger partial charge in [0.1, 0.15) is 16.6 Å². The van der Waals surface area contributed by atoms with Crippen molar-refractivity contribution < 1.29 is 9.50 Å². The van der Waals surface area contributed by atoms with Crippen LogP contribution in [0.25, 0.3) is 0 Å². The van der Waals surface area contributed by atoms with Crippen LogP contribution in [-0.4, -0.2) is 5.11 Å². The van der Waals surface area contributed by atoms with E-state index in [1.54, 1.807) is 0 Å². The van der Waals surface area contributed by atoms with E-state index >= 15 is 0 Å². The Bertz CT molecular complexity index is 241. The Morgan fingerprint density at radius 2 is 2.10 bits per heavy atom. The third kappa shape index (κ3) is 1.14. The van der Waals surface area contributed by atoms with Gasteiger partial charge in [-0.1, -0.05) is 11.6 Å². The Labute approximate surface area is 62.0 Å². The highest BCUT2D eigenvalue weighted by molar-refractivity contribution is 6.32. The molecule has 0 saturated carbocycles. The maximum absolute atomic E-state index is 12.5. The molecule has 0 unspecified atom stereocenters. The molecule has 0 aliphatic rings. The molecule has 0 saturated heterocycles. The predicted molar refractivity (Wildman–Crippen MR) is 37.5 cm³/mol. The molecule has 0 fully saturated rings. The van der Waals surface area contributed by atoms with E-state index in [1.807, 2.05) is 0 Å². The second kappa shape index (κ2) is 2.34. The number of rotatable bonds is 0. The molecular formula is C6H5ClFNO. The molecule has 1 aromatic carbocycles. The third-order valence-corrected chi connectivity index (χ3v) is 1.41. The van der Waals surface area contributed by atoms with Gasteiger partial charge in [0.05, 0.1) is 0 Å². The van der Waals surface area contributed by atoms with Crippen LogP contribution in [-0.2, 0) is 0 Å². The van der Waals surface area contributed by atoms with Crippen molar-refractivity contribution in [2.45, 2.75) is 0 Å². The Morgan fingerprint density at radius 1 is 1.50 bits per heavy atom. The van der Waals surface area contributed by atoms with Gasteiger partial charge in [-0.25, -0.2) is 4.39 Å². The minimum atomic E-state index is -0.709. The van der Waals surface area contributed by atoms with Crippen molar-refractivity contribution in [3.8, 4) is 5.75 Å². The Kier molecular flexibility index (Phi) is 1.68. The van der Waals surface area contributed by atoms with Crippen molar-refractivity contribution in [1.29, 1.82) is 0 Å². The standard InChI is InChI=1S/C6H5ClFNO/c7-6-4(8)1-3(9)2-5(6)10/h1-2,10H,9H2. The topological polar surface area (TPSA) is 46.2 Å². The smallest absolute Gasteiger partial charge is 0.147 e. The number of benzene rings is 1. The zero-order chi connectivity index (χ0) is 7.72. The van der Waals surface area contributed by atoms with E-state index in [1.165, 1.54) is 6.07 Å². The van der Waals surface area contributed by atoms with E-state index in [0.717, 1.165) is 6.07 Å². The SMILES string of the molecule is Nc1cc(O)c(Cl)c(F)c1. The molecule has 10 heavy (non-hydrogen) atoms. The first-order chi connectivity index (χ1) is 4.61. The van der Waals surface area contributed by atoms with E-state index < -0.39 is 5.82 Å². The number of phenols is 1. The van der Waals surface area contributed by atoms with Crippen molar-refractivity contribution in [3.05, 3.63) is 23.0 Å². The maximum atomic E-state index is 12.5. The molecular weight excluding hydrogens is 157 g/mol. The van der Waals surface area contributed by atoms with Crippen LogP contribution in [0, 0.1) is 5.82 Å². The van der Waals surface area contributed by atoms with Crippen molar-refractivity contribution >= 4 is 17.3 Å². The van der Waals surface area contributed by atoms with E-state index in [-0.39, 0.29) is 16.5 Å². The van der Waals surface area contributed by atoms with Gasteiger partial charge < -0.3 is 10.8 Å². The first kappa shape index (κ1) is 7.15. The maximum Gasteiger partial charge on any atom is 0.147 e. The van der Waals surface area contributed by atoms with Gasteiger partial charge in [-0.15, -0.1) is 0 Å². The average molecular weight is 162 g/mol. The van der Waals surface area contributed by atoms with Gasteiger partial charge in [0.2, 0.25) is 0 Å². The van der Waals surface area contributed by atoms with Crippen LogP contribution in [0.2, 0.25) is 5.02 Å². The second-order valence-corrected chi connectivity index (χ2v) is 2.21. The summed E-state index contributed by atoms with van der Waals surface area (Å²) in [5.41, 5.74) is 5.32. The molecule has 4 heteroatoms. The zero-order valence-electron chi connectivity index (χ0n) is 4.94. The molecule has 0 amide bonds. The van der Waals surface area contributed by atoms with Gasteiger partial charge >= 0.3 is 0 Å². The van der Waals surface area contributed by atoms with Gasteiger partial charge in [0.15, 0.2) is 0 Å². The molecule has 0 atom stereocenters. The lowest BCUT2D eigenvalue weighted by Crippen LogP contribution is -1.86. The Hall–Kier alpha value is -0.960. The summed E-state index contributed by atoms with van der Waals surface area (Å²) >= 11 is 5.27. The van der Waals surface area contributed by atoms with Gasteiger partial charge in [-0.05, 0) is 6.07 Å². The number of hydrogen-bond acceptors (Lipinski definition) is 2. The van der Waals surface area contributed by atoms with Crippen LogP contribution in [0.15, 0.2) is 12.1 Å². The molecule has 0 aliphatic heterocycles. The minimum absolute atomic E-state index is 0.152. The van der Waals surface area contributed by atoms with Gasteiger partial charge in [0.25, 0.3) is 0 Å². The summed E-state index contributed by atoms with van der Waals surface area (Å²) in [5, 5.41) is 8.53. The first-order valence-electron chi connectivity index (χ1n) is 2.54. The fourth-order valence-corrected chi connectivity index (χ4v) is 0.704. The normalized spacial score (nSPS) is 9.80. The average Bonchev–Trinajstić information content (AvgIpc) is 1.82. The van der Waals surface area contributed by atoms with E-state index in [4.69, 9.17) is 22.4 Å². The van der Waals surface area contributed by atoms with Crippen LogP contribution in [0.4, 0.5) is 10.1 Å². The first-order valence-corrected chi connectivity index (χ1v) is 2.92. The number of anilines is 1. The molecule has 54 valence electrons. The summed E-state index contributed by atoms with van der Waals surface area (Å²) in [6.07, 6.45) is 0. The second-order valence-electron chi connectivity index (χ2n) is 1.84. The van der Waals surface area contributed by atoms with Crippen LogP contribution < -0.4 is 5.73 Å². The molecule has 1 aromatic rings. The van der Waals surface area contributed by atoms with Gasteiger partial charge in [0, 0.05) is 11.8 Å². The Morgan fingerprint density at radius 3 is 2.60 bits per heavy atom. The molecule has 2 nitrogen and oxygen atoms in total. The largest absolute Gasteiger partial charge is 0.506 e. The van der Waals surface area contributed by atoms with E-state index in [0.29, 0.717) is 0 Å². The number of aromatic hydroxyl groups is 1. The third-order valence-electron chi connectivity index (χ3n) is 1.03. The fourth-order valence-electron chi connectivity index (χ4n) is 0.595. The van der Waals surface area contributed by atoms with Gasteiger partial charge in [-0.2, -0.15) is 0 Å². The summed E-state index contributed by atoms with van der Waals surface area (Å²) in [6.45, 7) is 0. The zero-order valence-corrected chi connectivity index (χ0v) is 5.69. The number of hydrogen-bond donors (Lipinski definition) is 2. The summed E-state index contributed by atoms with van der Waals surface area (Å²) in [6, 6.07) is 2.23. The van der Waals surface area contributed by atoms with E-state index in [2.05, 4.69) is 0 Å². The molecule has 0 bridgehead atoms. The number of halogens is 2. The van der Waals surface area contributed by atoms with Crippen molar-refractivity contribution in [2.24, 2.45) is 0 Å². The Balaban J connectivity index is 3.31. The molecule has 0 heterocycles. The van der Waals surface area contributed by atoms with Crippen LogP contribution in [0.1, 0.15) is 0 Å². The summed E-state index contributed by atoms with van der Waals surface area (Å²) < 4.78 is 12.5. The van der Waals surface area contributed by atoms with Crippen molar-refractivity contribution in [2.75, 3.05) is 5.73 Å². The highest BCUT2D eigenvalue weighted by Gasteiger charge is 2.04. The molecule has 1 rings (SSSR count). The molecule has 0 spiro atoms. The highest BCUT2D eigenvalue weighted by atomic mass is 35.5. The quantitative estimate of drug-likeness (QED) is 0.570. The monoisotopic (exact) mass is 161 g/mol. The van der Waals surface area contributed by atoms with Crippen molar-refractivity contribution in [1.82, 2.24) is 0 Å². The summed E-state index contributed by atoms with van der Waals surface area (Å²) in [4.78, 5) is 0. The van der Waals surface area contributed by atoms with Crippen molar-refractivity contribution in [3.63, 3.8) is 0 Å². The molecule has 0 aromatic heterocycles. The highest BCUT2D eigenvalue weighted by Crippen LogP contribution is 2.28. The number of phenolic OH excluding ortho intramolecular Hbond substituents is 1. The predicted octanol–water partition coefficient (Wildman–Crippen LogP) is 1.77. The van der Waals surface area contributed by atoms with Crippen LogP contribution in [0.5, 0.6) is 5.75 Å². The molecule has 3 N–H and O–H groups in total. The van der Waals surface area contributed by atoms with Crippen LogP contribution >= 0.6 is 11.6 Å². The lowest BCUT2D eigenvalue weighted by atomic mass is 10.3. The lowest BCUT2D eigenvalue weighted by Gasteiger charge is -1.98. The van der Waals surface area contributed by atoms with Crippen LogP contribution in [0.3, 0.4) is 0 Å². The lowest BCUT2D eigenvalue weighted by molar-refractivity contribution is 0.470. The summed E-state index contributed by atoms with van der Waals surface area (Å²) in [7, 11) is 0. The minimum Gasteiger partial charge on any atom is -0.506 e. The molecule has 0 aliphatic carbocycles. The fraction of sp³-hybridized carbons (Fsp3) is 0. The van der Waals surface area contributed by atoms with E-state index in [9.17, 15) is 4.39 Å². The number of nitrogen functional groups attached to an aromatic ring is 1.